The fourth-order valence-electron chi connectivity index (χ4n) is 0.930. The van der Waals surface area contributed by atoms with E-state index in [0.29, 0.717) is 0 Å². The largest absolute Gasteiger partial charge is 0.508 e. The normalized spacial score (nSPS) is 9.62. The van der Waals surface area contributed by atoms with E-state index in [-0.39, 0.29) is 18.1 Å². The Hall–Kier alpha value is -1.55. The van der Waals surface area contributed by atoms with Crippen molar-refractivity contribution in [3.8, 4) is 5.75 Å². The minimum Gasteiger partial charge on any atom is -0.508 e. The summed E-state index contributed by atoms with van der Waals surface area (Å²) in [6, 6.07) is 6.41. The number of carbonyl (C=O) groups is 1. The van der Waals surface area contributed by atoms with Gasteiger partial charge < -0.3 is 9.94 Å². The molecule has 0 saturated carbocycles. The van der Waals surface area contributed by atoms with Gasteiger partial charge in [-0.15, -0.1) is 0 Å². The van der Waals surface area contributed by atoms with Crippen molar-refractivity contribution in [3.63, 3.8) is 0 Å². The Balaban J connectivity index is 2.54. The number of hydrogen-bond donors (Lipinski definition) is 2. The minimum absolute atomic E-state index is 0.186. The van der Waals surface area contributed by atoms with E-state index in [1.54, 1.807) is 12.1 Å². The van der Waals surface area contributed by atoms with Crippen LogP contribution in [0.2, 0.25) is 0 Å². The highest BCUT2D eigenvalue weighted by Gasteiger charge is 2.03. The van der Waals surface area contributed by atoms with Crippen molar-refractivity contribution in [1.29, 1.82) is 0 Å². The molecule has 13 heavy (non-hydrogen) atoms. The third kappa shape index (κ3) is 3.13. The lowest BCUT2D eigenvalue weighted by Gasteiger charge is -2.01. The van der Waals surface area contributed by atoms with Crippen molar-refractivity contribution in [3.05, 3.63) is 29.8 Å². The molecule has 0 saturated heterocycles. The molecule has 1 aromatic carbocycles. The van der Waals surface area contributed by atoms with Gasteiger partial charge in [0.2, 0.25) is 0 Å². The third-order valence-electron chi connectivity index (χ3n) is 1.50. The summed E-state index contributed by atoms with van der Waals surface area (Å²) in [4.78, 5) is 15.5. The van der Waals surface area contributed by atoms with E-state index >= 15 is 0 Å². The molecule has 4 nitrogen and oxygen atoms in total. The fraction of sp³-hybridized carbons (Fsp3) is 0.222. The molecule has 0 aliphatic rings. The summed E-state index contributed by atoms with van der Waals surface area (Å²) >= 11 is 0. The van der Waals surface area contributed by atoms with Gasteiger partial charge >= 0.3 is 5.97 Å². The number of benzene rings is 1. The first kappa shape index (κ1) is 9.54. The Morgan fingerprint density at radius 3 is 2.62 bits per heavy atom. The van der Waals surface area contributed by atoms with Crippen molar-refractivity contribution in [2.75, 3.05) is 7.05 Å². The van der Waals surface area contributed by atoms with Crippen LogP contribution in [0.5, 0.6) is 5.75 Å². The topological polar surface area (TPSA) is 58.6 Å². The lowest BCUT2D eigenvalue weighted by Crippen LogP contribution is -2.16. The van der Waals surface area contributed by atoms with E-state index in [0.717, 1.165) is 5.56 Å². The molecular weight excluding hydrogens is 170 g/mol. The summed E-state index contributed by atoms with van der Waals surface area (Å²) in [6.45, 7) is 0. The molecule has 1 aromatic rings. The predicted octanol–water partition coefficient (Wildman–Crippen LogP) is 0.612. The van der Waals surface area contributed by atoms with Crippen LogP contribution in [0.15, 0.2) is 24.3 Å². The Morgan fingerprint density at radius 2 is 2.08 bits per heavy atom. The maximum Gasteiger partial charge on any atom is 0.329 e. The number of hydroxylamine groups is 1. The number of phenols is 1. The molecule has 0 atom stereocenters. The van der Waals surface area contributed by atoms with Crippen molar-refractivity contribution >= 4 is 5.97 Å². The highest BCUT2D eigenvalue weighted by molar-refractivity contribution is 5.72. The minimum atomic E-state index is -0.354. The van der Waals surface area contributed by atoms with E-state index in [9.17, 15) is 4.79 Å². The van der Waals surface area contributed by atoms with Crippen molar-refractivity contribution < 1.29 is 14.7 Å². The molecule has 0 radical (unpaired) electrons. The molecule has 4 heteroatoms. The zero-order chi connectivity index (χ0) is 9.68. The first-order valence-corrected chi connectivity index (χ1v) is 3.86. The van der Waals surface area contributed by atoms with Crippen LogP contribution >= 0.6 is 0 Å². The molecule has 0 bridgehead atoms. The molecule has 0 heterocycles. The molecule has 0 aliphatic heterocycles. The lowest BCUT2D eigenvalue weighted by molar-refractivity contribution is -0.149. The second kappa shape index (κ2) is 4.47. The van der Waals surface area contributed by atoms with E-state index < -0.39 is 0 Å². The van der Waals surface area contributed by atoms with Crippen LogP contribution in [0.25, 0.3) is 0 Å². The number of hydrogen-bond acceptors (Lipinski definition) is 4. The number of nitrogens with one attached hydrogen (secondary N) is 1. The second-order valence-corrected chi connectivity index (χ2v) is 2.52. The summed E-state index contributed by atoms with van der Waals surface area (Å²) in [5.41, 5.74) is 3.10. The summed E-state index contributed by atoms with van der Waals surface area (Å²) in [5.74, 6) is -0.168. The Labute approximate surface area is 76.1 Å². The maximum atomic E-state index is 11.0. The van der Waals surface area contributed by atoms with Gasteiger partial charge in [-0.3, -0.25) is 4.79 Å². The Morgan fingerprint density at radius 1 is 1.46 bits per heavy atom. The Kier molecular flexibility index (Phi) is 3.28. The second-order valence-electron chi connectivity index (χ2n) is 2.52. The predicted molar refractivity (Wildman–Crippen MR) is 47.0 cm³/mol. The van der Waals surface area contributed by atoms with Crippen molar-refractivity contribution in [2.24, 2.45) is 0 Å². The number of aromatic hydroxyl groups is 1. The van der Waals surface area contributed by atoms with Gasteiger partial charge in [0.05, 0.1) is 6.42 Å². The maximum absolute atomic E-state index is 11.0. The molecule has 0 spiro atoms. The van der Waals surface area contributed by atoms with Gasteiger partial charge in [-0.2, -0.15) is 5.48 Å². The molecule has 0 aromatic heterocycles. The number of carbonyl (C=O) groups excluding carboxylic acids is 1. The van der Waals surface area contributed by atoms with Gasteiger partial charge in [0.1, 0.15) is 5.75 Å². The molecule has 2 N–H and O–H groups in total. The van der Waals surface area contributed by atoms with Crippen LogP contribution in [0.4, 0.5) is 0 Å². The molecule has 0 amide bonds. The van der Waals surface area contributed by atoms with Gasteiger partial charge in [0.25, 0.3) is 0 Å². The van der Waals surface area contributed by atoms with Crippen LogP contribution in [0.1, 0.15) is 5.56 Å². The first-order valence-electron chi connectivity index (χ1n) is 3.86. The van der Waals surface area contributed by atoms with Gasteiger partial charge in [-0.1, -0.05) is 12.1 Å². The summed E-state index contributed by atoms with van der Waals surface area (Å²) in [7, 11) is 1.52. The molecular formula is C9H11NO3. The van der Waals surface area contributed by atoms with E-state index in [1.165, 1.54) is 19.2 Å². The van der Waals surface area contributed by atoms with E-state index in [4.69, 9.17) is 5.11 Å². The van der Waals surface area contributed by atoms with E-state index in [2.05, 4.69) is 10.3 Å². The van der Waals surface area contributed by atoms with Crippen LogP contribution < -0.4 is 5.48 Å². The van der Waals surface area contributed by atoms with Crippen LogP contribution in [-0.2, 0) is 16.1 Å². The quantitative estimate of drug-likeness (QED) is 0.671. The summed E-state index contributed by atoms with van der Waals surface area (Å²) < 4.78 is 0. The van der Waals surface area contributed by atoms with E-state index in [1.807, 2.05) is 0 Å². The van der Waals surface area contributed by atoms with Crippen LogP contribution in [0, 0.1) is 0 Å². The molecule has 0 aliphatic carbocycles. The molecule has 1 rings (SSSR count). The average Bonchev–Trinajstić information content (AvgIpc) is 2.09. The van der Waals surface area contributed by atoms with Gasteiger partial charge in [0, 0.05) is 7.05 Å². The fourth-order valence-corrected chi connectivity index (χ4v) is 0.930. The van der Waals surface area contributed by atoms with Gasteiger partial charge in [-0.25, -0.2) is 0 Å². The van der Waals surface area contributed by atoms with Gasteiger partial charge in [-0.05, 0) is 17.7 Å². The standard InChI is InChI=1S/C9H11NO3/c1-10-13-9(12)6-7-2-4-8(11)5-3-7/h2-5,10-11H,6H2,1H3. The summed E-state index contributed by atoms with van der Waals surface area (Å²) in [5, 5.41) is 8.97. The zero-order valence-electron chi connectivity index (χ0n) is 7.28. The smallest absolute Gasteiger partial charge is 0.329 e. The number of phenolic OH excluding ortho intramolecular Hbond substituents is 1. The highest BCUT2D eigenvalue weighted by Crippen LogP contribution is 2.10. The van der Waals surface area contributed by atoms with Crippen LogP contribution in [0.3, 0.4) is 0 Å². The first-order chi connectivity index (χ1) is 6.22. The monoisotopic (exact) mass is 181 g/mol. The van der Waals surface area contributed by atoms with Crippen molar-refractivity contribution in [1.82, 2.24) is 5.48 Å². The third-order valence-corrected chi connectivity index (χ3v) is 1.50. The molecule has 70 valence electrons. The van der Waals surface area contributed by atoms with Crippen LogP contribution in [-0.4, -0.2) is 18.1 Å². The zero-order valence-corrected chi connectivity index (χ0v) is 7.28. The highest BCUT2D eigenvalue weighted by atomic mass is 16.7. The molecule has 0 unspecified atom stereocenters. The number of rotatable bonds is 3. The lowest BCUT2D eigenvalue weighted by atomic mass is 10.1. The average molecular weight is 181 g/mol. The molecule has 0 fully saturated rings. The van der Waals surface area contributed by atoms with Gasteiger partial charge in [0.15, 0.2) is 0 Å². The SMILES string of the molecule is CNOC(=O)Cc1ccc(O)cc1. The van der Waals surface area contributed by atoms with Crippen molar-refractivity contribution in [2.45, 2.75) is 6.42 Å². The Bertz CT molecular complexity index is 281. The summed E-state index contributed by atoms with van der Waals surface area (Å²) in [6.07, 6.45) is 0.196.